The first-order valence-electron chi connectivity index (χ1n) is 11.3. The third kappa shape index (κ3) is 15.8. The molecule has 1 aromatic carbocycles. The van der Waals surface area contributed by atoms with Crippen molar-refractivity contribution in [3.8, 4) is 0 Å². The minimum atomic E-state index is -3.29. The molecule has 188 valence electrons. The average molecular weight is 476 g/mol. The molecule has 3 N–H and O–H groups in total. The first kappa shape index (κ1) is 34.6. The molecule has 32 heavy (non-hydrogen) atoms. The molecular weight excluding hydrogens is 430 g/mol. The number of amides is 2. The Morgan fingerprint density at radius 2 is 1.34 bits per heavy atom. The van der Waals surface area contributed by atoms with Crippen LogP contribution in [0, 0.1) is 0 Å². The summed E-state index contributed by atoms with van der Waals surface area (Å²) < 4.78 is 31.2. The van der Waals surface area contributed by atoms with Crippen molar-refractivity contribution in [1.82, 2.24) is 10.0 Å². The predicted molar refractivity (Wildman–Crippen MR) is 134 cm³/mol. The topological polar surface area (TPSA) is 114 Å². The number of carbonyl (C=O) groups excluding carboxylic acids is 2. The Balaban J connectivity index is -0.00000129. The number of hydrogen-bond donors (Lipinski definition) is 3. The van der Waals surface area contributed by atoms with Gasteiger partial charge < -0.3 is 15.4 Å². The van der Waals surface area contributed by atoms with Crippen LogP contribution in [0.3, 0.4) is 0 Å². The van der Waals surface area contributed by atoms with Crippen LogP contribution in [-0.2, 0) is 24.3 Å². The maximum atomic E-state index is 11.8. The molecule has 1 rings (SSSR count). The number of sulfonamides is 1. The lowest BCUT2D eigenvalue weighted by Gasteiger charge is -2.15. The summed E-state index contributed by atoms with van der Waals surface area (Å²) in [7, 11) is -1.80. The zero-order valence-electron chi connectivity index (χ0n) is 21.5. The SMILES string of the molecule is CC.CC.CC.CNC(=O)COCC(=O)Nc1ccc(C(C)CNS(=O)(=O)C(C)C)cc1. The maximum absolute atomic E-state index is 11.8. The zero-order valence-corrected chi connectivity index (χ0v) is 22.4. The Morgan fingerprint density at radius 1 is 0.875 bits per heavy atom. The third-order valence-electron chi connectivity index (χ3n) is 3.72. The molecule has 0 fully saturated rings. The third-order valence-corrected chi connectivity index (χ3v) is 5.53. The molecule has 1 atom stereocenters. The first-order chi connectivity index (χ1) is 15.2. The maximum Gasteiger partial charge on any atom is 0.250 e. The molecular formula is C23H45N3O5S. The average Bonchev–Trinajstić information content (AvgIpc) is 2.81. The smallest absolute Gasteiger partial charge is 0.250 e. The number of hydrogen-bond acceptors (Lipinski definition) is 5. The summed E-state index contributed by atoms with van der Waals surface area (Å²) >= 11 is 0. The van der Waals surface area contributed by atoms with Crippen LogP contribution in [-0.4, -0.2) is 52.3 Å². The van der Waals surface area contributed by atoms with Crippen LogP contribution in [0.4, 0.5) is 5.69 Å². The van der Waals surface area contributed by atoms with Gasteiger partial charge >= 0.3 is 0 Å². The van der Waals surface area contributed by atoms with Gasteiger partial charge in [0.1, 0.15) is 13.2 Å². The minimum absolute atomic E-state index is 0.0100. The molecule has 2 amide bonds. The summed E-state index contributed by atoms with van der Waals surface area (Å²) in [6.45, 7) is 17.1. The standard InChI is InChI=1S/C17H27N3O5S.3C2H6/c1-12(2)26(23,24)19-9-13(3)14-5-7-15(8-6-14)20-17(22)11-25-10-16(21)18-4;3*1-2/h5-8,12-13,19H,9-11H2,1-4H3,(H,18,21)(H,20,22);3*1-2H3. The quantitative estimate of drug-likeness (QED) is 0.475. The summed E-state index contributed by atoms with van der Waals surface area (Å²) in [6, 6.07) is 7.13. The molecule has 0 aromatic heterocycles. The number of ether oxygens (including phenoxy) is 1. The van der Waals surface area contributed by atoms with E-state index in [9.17, 15) is 18.0 Å². The van der Waals surface area contributed by atoms with E-state index in [0.29, 0.717) is 12.2 Å². The van der Waals surface area contributed by atoms with Crippen LogP contribution in [0.2, 0.25) is 0 Å². The van der Waals surface area contributed by atoms with E-state index >= 15 is 0 Å². The first-order valence-corrected chi connectivity index (χ1v) is 12.9. The monoisotopic (exact) mass is 475 g/mol. The van der Waals surface area contributed by atoms with Gasteiger partial charge in [0.05, 0.1) is 5.25 Å². The van der Waals surface area contributed by atoms with Crippen LogP contribution in [0.25, 0.3) is 0 Å². The molecule has 0 heterocycles. The summed E-state index contributed by atoms with van der Waals surface area (Å²) in [5, 5.41) is 4.58. The second-order valence-corrected chi connectivity index (χ2v) is 8.50. The van der Waals surface area contributed by atoms with Crippen molar-refractivity contribution in [2.24, 2.45) is 0 Å². The van der Waals surface area contributed by atoms with Gasteiger partial charge in [-0.25, -0.2) is 13.1 Å². The van der Waals surface area contributed by atoms with Crippen molar-refractivity contribution in [3.63, 3.8) is 0 Å². The highest BCUT2D eigenvalue weighted by molar-refractivity contribution is 7.90. The van der Waals surface area contributed by atoms with Gasteiger partial charge in [0.25, 0.3) is 0 Å². The van der Waals surface area contributed by atoms with Crippen LogP contribution in [0.1, 0.15) is 73.8 Å². The zero-order chi connectivity index (χ0) is 25.7. The molecule has 0 spiro atoms. The summed E-state index contributed by atoms with van der Waals surface area (Å²) in [4.78, 5) is 22.7. The molecule has 0 aliphatic rings. The van der Waals surface area contributed by atoms with E-state index in [-0.39, 0.29) is 30.9 Å². The van der Waals surface area contributed by atoms with Crippen molar-refractivity contribution in [2.45, 2.75) is 73.5 Å². The second-order valence-electron chi connectivity index (χ2n) is 6.18. The van der Waals surface area contributed by atoms with Crippen molar-refractivity contribution in [3.05, 3.63) is 29.8 Å². The number of nitrogens with one attached hydrogen (secondary N) is 3. The van der Waals surface area contributed by atoms with E-state index in [1.165, 1.54) is 7.05 Å². The fourth-order valence-electron chi connectivity index (χ4n) is 1.93. The molecule has 1 aromatic rings. The van der Waals surface area contributed by atoms with Crippen LogP contribution >= 0.6 is 0 Å². The van der Waals surface area contributed by atoms with Gasteiger partial charge in [0.15, 0.2) is 0 Å². The van der Waals surface area contributed by atoms with Crippen molar-refractivity contribution in [2.75, 3.05) is 32.1 Å². The molecule has 9 heteroatoms. The van der Waals surface area contributed by atoms with Crippen LogP contribution in [0.5, 0.6) is 0 Å². The van der Waals surface area contributed by atoms with Gasteiger partial charge in [-0.05, 0) is 37.5 Å². The highest BCUT2D eigenvalue weighted by Gasteiger charge is 2.17. The molecule has 0 aliphatic heterocycles. The summed E-state index contributed by atoms with van der Waals surface area (Å²) in [5.41, 5.74) is 1.54. The summed E-state index contributed by atoms with van der Waals surface area (Å²) in [5.74, 6) is -0.673. The van der Waals surface area contributed by atoms with E-state index in [2.05, 4.69) is 15.4 Å². The van der Waals surface area contributed by atoms with Crippen molar-refractivity contribution in [1.29, 1.82) is 0 Å². The van der Waals surface area contributed by atoms with E-state index in [1.54, 1.807) is 26.0 Å². The van der Waals surface area contributed by atoms with Gasteiger partial charge in [-0.15, -0.1) is 0 Å². The van der Waals surface area contributed by atoms with E-state index in [1.807, 2.05) is 60.6 Å². The van der Waals surface area contributed by atoms with Crippen LogP contribution < -0.4 is 15.4 Å². The highest BCUT2D eigenvalue weighted by Crippen LogP contribution is 2.18. The van der Waals surface area contributed by atoms with Crippen molar-refractivity contribution < 1.29 is 22.7 Å². The minimum Gasteiger partial charge on any atom is -0.362 e. The normalized spacial score (nSPS) is 10.8. The Bertz CT molecular complexity index is 705. The van der Waals surface area contributed by atoms with E-state index < -0.39 is 15.3 Å². The number of rotatable bonds is 10. The Hall–Kier alpha value is -1.97. The Morgan fingerprint density at radius 3 is 1.78 bits per heavy atom. The molecule has 0 saturated heterocycles. The number of anilines is 1. The second kappa shape index (κ2) is 20.9. The summed E-state index contributed by atoms with van der Waals surface area (Å²) in [6.07, 6.45) is 0. The molecule has 0 radical (unpaired) electrons. The fourth-order valence-corrected chi connectivity index (χ4v) is 2.74. The fraction of sp³-hybridized carbons (Fsp3) is 0.652. The lowest BCUT2D eigenvalue weighted by Crippen LogP contribution is -2.33. The predicted octanol–water partition coefficient (Wildman–Crippen LogP) is 3.90. The molecule has 0 aliphatic carbocycles. The van der Waals surface area contributed by atoms with Gasteiger partial charge in [-0.1, -0.05) is 60.6 Å². The number of likely N-dealkylation sites (N-methyl/N-ethyl adjacent to an activating group) is 1. The van der Waals surface area contributed by atoms with Gasteiger partial charge in [0.2, 0.25) is 21.8 Å². The number of benzene rings is 1. The van der Waals surface area contributed by atoms with Gasteiger partial charge in [-0.3, -0.25) is 9.59 Å². The molecule has 8 nitrogen and oxygen atoms in total. The van der Waals surface area contributed by atoms with Crippen molar-refractivity contribution >= 4 is 27.5 Å². The van der Waals surface area contributed by atoms with Gasteiger partial charge in [-0.2, -0.15) is 0 Å². The highest BCUT2D eigenvalue weighted by atomic mass is 32.2. The lowest BCUT2D eigenvalue weighted by atomic mass is 10.0. The Labute approximate surface area is 195 Å². The van der Waals surface area contributed by atoms with E-state index in [0.717, 1.165) is 5.56 Å². The van der Waals surface area contributed by atoms with Gasteiger partial charge in [0, 0.05) is 19.3 Å². The molecule has 0 bridgehead atoms. The van der Waals surface area contributed by atoms with E-state index in [4.69, 9.17) is 4.74 Å². The number of carbonyl (C=O) groups is 2. The Kier molecular flexibility index (Phi) is 22.6. The lowest BCUT2D eigenvalue weighted by molar-refractivity contribution is -0.128. The largest absolute Gasteiger partial charge is 0.362 e. The molecule has 1 unspecified atom stereocenters. The van der Waals surface area contributed by atoms with Crippen LogP contribution in [0.15, 0.2) is 24.3 Å². The molecule has 0 saturated carbocycles.